The highest BCUT2D eigenvalue weighted by molar-refractivity contribution is 7.11. The van der Waals surface area contributed by atoms with Gasteiger partial charge >= 0.3 is 0 Å². The Hall–Kier alpha value is -1.75. The molecule has 0 aliphatic rings. The van der Waals surface area contributed by atoms with E-state index in [1.165, 1.54) is 19.1 Å². The summed E-state index contributed by atoms with van der Waals surface area (Å²) in [6.45, 7) is 3.90. The minimum absolute atomic E-state index is 0.0621. The molecular weight excluding hydrogens is 263 g/mol. The van der Waals surface area contributed by atoms with Gasteiger partial charge in [0.15, 0.2) is 0 Å². The number of benzene rings is 1. The van der Waals surface area contributed by atoms with E-state index in [1.54, 1.807) is 23.5 Å². The number of halogens is 1. The Labute approximate surface area is 115 Å². The lowest BCUT2D eigenvalue weighted by Crippen LogP contribution is -2.18. The van der Waals surface area contributed by atoms with E-state index in [4.69, 9.17) is 0 Å². The van der Waals surface area contributed by atoms with Gasteiger partial charge in [0.2, 0.25) is 5.91 Å². The zero-order chi connectivity index (χ0) is 13.8. The molecule has 100 valence electrons. The van der Waals surface area contributed by atoms with Crippen LogP contribution in [0.15, 0.2) is 24.3 Å². The van der Waals surface area contributed by atoms with E-state index in [0.29, 0.717) is 6.54 Å². The van der Waals surface area contributed by atoms with Crippen LogP contribution in [-0.4, -0.2) is 10.9 Å². The van der Waals surface area contributed by atoms with Crippen molar-refractivity contribution in [3.8, 4) is 0 Å². The molecule has 1 N–H and O–H groups in total. The van der Waals surface area contributed by atoms with Gasteiger partial charge in [-0.3, -0.25) is 4.79 Å². The van der Waals surface area contributed by atoms with Crippen LogP contribution in [0.2, 0.25) is 0 Å². The van der Waals surface area contributed by atoms with Crippen LogP contribution in [-0.2, 0) is 17.8 Å². The second-order valence-electron chi connectivity index (χ2n) is 4.33. The number of hydrogen-bond acceptors (Lipinski definition) is 3. The number of thiazole rings is 1. The van der Waals surface area contributed by atoms with Gasteiger partial charge in [-0.15, -0.1) is 11.3 Å². The third-order valence-electron chi connectivity index (χ3n) is 2.70. The number of aryl methyl sites for hydroxylation is 1. The summed E-state index contributed by atoms with van der Waals surface area (Å²) in [5, 5.41) is 3.63. The molecule has 1 aromatic carbocycles. The van der Waals surface area contributed by atoms with Crippen molar-refractivity contribution < 1.29 is 9.18 Å². The van der Waals surface area contributed by atoms with Gasteiger partial charge in [-0.25, -0.2) is 9.37 Å². The lowest BCUT2D eigenvalue weighted by molar-refractivity contribution is -0.119. The standard InChI is InChI=1S/C14H15FN2OS/c1-9-13(7-11-3-5-12(15)6-4-11)19-14(17-9)8-16-10(2)18/h3-6H,7-8H2,1-2H3,(H,16,18). The summed E-state index contributed by atoms with van der Waals surface area (Å²) in [5.41, 5.74) is 2.02. The number of aromatic nitrogens is 1. The average Bonchev–Trinajstić information content (AvgIpc) is 2.71. The topological polar surface area (TPSA) is 42.0 Å². The first kappa shape index (κ1) is 13.7. The van der Waals surface area contributed by atoms with Gasteiger partial charge in [-0.05, 0) is 24.6 Å². The third-order valence-corrected chi connectivity index (χ3v) is 3.86. The maximum Gasteiger partial charge on any atom is 0.217 e. The Morgan fingerprint density at radius 1 is 1.37 bits per heavy atom. The van der Waals surface area contributed by atoms with Crippen LogP contribution in [0.1, 0.15) is 28.1 Å². The molecule has 0 spiro atoms. The predicted octanol–water partition coefficient (Wildman–Crippen LogP) is 2.82. The van der Waals surface area contributed by atoms with E-state index in [0.717, 1.165) is 27.6 Å². The molecule has 1 aromatic heterocycles. The van der Waals surface area contributed by atoms with Crippen molar-refractivity contribution in [3.05, 3.63) is 51.2 Å². The van der Waals surface area contributed by atoms with Crippen LogP contribution in [0.25, 0.3) is 0 Å². The van der Waals surface area contributed by atoms with E-state index in [1.807, 2.05) is 6.92 Å². The van der Waals surface area contributed by atoms with Gasteiger partial charge in [-0.2, -0.15) is 0 Å². The fourth-order valence-electron chi connectivity index (χ4n) is 1.72. The smallest absolute Gasteiger partial charge is 0.217 e. The molecule has 0 saturated carbocycles. The summed E-state index contributed by atoms with van der Waals surface area (Å²) >= 11 is 1.58. The summed E-state index contributed by atoms with van der Waals surface area (Å²) in [6, 6.07) is 6.48. The second kappa shape index (κ2) is 5.93. The minimum Gasteiger partial charge on any atom is -0.350 e. The first-order valence-corrected chi connectivity index (χ1v) is 6.80. The van der Waals surface area contributed by atoms with Gasteiger partial charge < -0.3 is 5.32 Å². The third kappa shape index (κ3) is 3.86. The highest BCUT2D eigenvalue weighted by atomic mass is 32.1. The maximum absolute atomic E-state index is 12.8. The Bertz CT molecular complexity index is 578. The first-order valence-electron chi connectivity index (χ1n) is 5.98. The molecule has 3 nitrogen and oxygen atoms in total. The first-order chi connectivity index (χ1) is 9.04. The quantitative estimate of drug-likeness (QED) is 0.934. The van der Waals surface area contributed by atoms with E-state index < -0.39 is 0 Å². The lowest BCUT2D eigenvalue weighted by atomic mass is 10.1. The Morgan fingerprint density at radius 3 is 2.68 bits per heavy atom. The zero-order valence-corrected chi connectivity index (χ0v) is 11.7. The van der Waals surface area contributed by atoms with Crippen molar-refractivity contribution in [2.24, 2.45) is 0 Å². The largest absolute Gasteiger partial charge is 0.350 e. The highest BCUT2D eigenvalue weighted by Crippen LogP contribution is 2.21. The fraction of sp³-hybridized carbons (Fsp3) is 0.286. The molecule has 0 bridgehead atoms. The van der Waals surface area contributed by atoms with Gasteiger partial charge in [0.25, 0.3) is 0 Å². The van der Waals surface area contributed by atoms with E-state index >= 15 is 0 Å². The van der Waals surface area contributed by atoms with Crippen LogP contribution in [0.3, 0.4) is 0 Å². The van der Waals surface area contributed by atoms with Crippen molar-refractivity contribution >= 4 is 17.2 Å². The zero-order valence-electron chi connectivity index (χ0n) is 10.9. The van der Waals surface area contributed by atoms with Crippen molar-refractivity contribution in [3.63, 3.8) is 0 Å². The second-order valence-corrected chi connectivity index (χ2v) is 5.50. The van der Waals surface area contributed by atoms with Crippen LogP contribution >= 0.6 is 11.3 Å². The van der Waals surface area contributed by atoms with Crippen LogP contribution in [0.4, 0.5) is 4.39 Å². The molecule has 0 atom stereocenters. The number of carbonyl (C=O) groups is 1. The summed E-state index contributed by atoms with van der Waals surface area (Å²) in [4.78, 5) is 16.4. The molecule has 0 saturated heterocycles. The van der Waals surface area contributed by atoms with E-state index in [-0.39, 0.29) is 11.7 Å². The molecule has 19 heavy (non-hydrogen) atoms. The monoisotopic (exact) mass is 278 g/mol. The van der Waals surface area contributed by atoms with Crippen LogP contribution in [0, 0.1) is 12.7 Å². The summed E-state index contributed by atoms with van der Waals surface area (Å²) < 4.78 is 12.8. The van der Waals surface area contributed by atoms with Gasteiger partial charge in [0.05, 0.1) is 12.2 Å². The number of hydrogen-bond donors (Lipinski definition) is 1. The van der Waals surface area contributed by atoms with Gasteiger partial charge in [-0.1, -0.05) is 12.1 Å². The predicted molar refractivity (Wildman–Crippen MR) is 73.6 cm³/mol. The molecule has 1 heterocycles. The van der Waals surface area contributed by atoms with Crippen LogP contribution < -0.4 is 5.32 Å². The number of rotatable bonds is 4. The van der Waals surface area contributed by atoms with Gasteiger partial charge in [0.1, 0.15) is 10.8 Å². The fourth-order valence-corrected chi connectivity index (χ4v) is 2.76. The van der Waals surface area contributed by atoms with Crippen molar-refractivity contribution in [2.45, 2.75) is 26.8 Å². The summed E-state index contributed by atoms with van der Waals surface area (Å²) in [5.74, 6) is -0.288. The normalized spacial score (nSPS) is 10.5. The molecule has 1 amide bonds. The molecule has 2 aromatic rings. The molecule has 5 heteroatoms. The molecule has 0 aliphatic carbocycles. The average molecular weight is 278 g/mol. The molecule has 0 fully saturated rings. The van der Waals surface area contributed by atoms with Crippen molar-refractivity contribution in [2.75, 3.05) is 0 Å². The minimum atomic E-state index is -0.226. The highest BCUT2D eigenvalue weighted by Gasteiger charge is 2.08. The van der Waals surface area contributed by atoms with Crippen molar-refractivity contribution in [1.29, 1.82) is 0 Å². The maximum atomic E-state index is 12.8. The lowest BCUT2D eigenvalue weighted by Gasteiger charge is -1.99. The van der Waals surface area contributed by atoms with E-state index in [2.05, 4.69) is 10.3 Å². The summed E-state index contributed by atoms with van der Waals surface area (Å²) in [6.07, 6.45) is 0.740. The molecule has 2 rings (SSSR count). The Morgan fingerprint density at radius 2 is 2.05 bits per heavy atom. The summed E-state index contributed by atoms with van der Waals surface area (Å²) in [7, 11) is 0. The molecular formula is C14H15FN2OS. The molecule has 0 unspecified atom stereocenters. The Balaban J connectivity index is 2.08. The number of nitrogens with zero attached hydrogens (tertiary/aromatic N) is 1. The van der Waals surface area contributed by atoms with Gasteiger partial charge in [0, 0.05) is 18.2 Å². The Kier molecular flexibility index (Phi) is 4.27. The number of nitrogens with one attached hydrogen (secondary N) is 1. The van der Waals surface area contributed by atoms with Crippen molar-refractivity contribution in [1.82, 2.24) is 10.3 Å². The molecule has 0 aliphatic heterocycles. The molecule has 0 radical (unpaired) electrons. The number of amides is 1. The van der Waals surface area contributed by atoms with E-state index in [9.17, 15) is 9.18 Å². The van der Waals surface area contributed by atoms with Crippen LogP contribution in [0.5, 0.6) is 0 Å². The SMILES string of the molecule is CC(=O)NCc1nc(C)c(Cc2ccc(F)cc2)s1. The number of carbonyl (C=O) groups excluding carboxylic acids is 1.